The molecular formula is C28H30N4O7. The number of para-hydroxylation sites is 2. The number of carboxylic acids is 1. The highest BCUT2D eigenvalue weighted by atomic mass is 16.4. The van der Waals surface area contributed by atoms with Crippen LogP contribution in [-0.4, -0.2) is 65.7 Å². The topological polar surface area (TPSA) is 153 Å². The highest BCUT2D eigenvalue weighted by Crippen LogP contribution is 2.42. The average molecular weight is 535 g/mol. The van der Waals surface area contributed by atoms with Gasteiger partial charge in [0, 0.05) is 25.9 Å². The van der Waals surface area contributed by atoms with E-state index in [1.54, 1.807) is 24.3 Å². The van der Waals surface area contributed by atoms with Crippen LogP contribution in [0.25, 0.3) is 0 Å². The molecule has 0 spiro atoms. The van der Waals surface area contributed by atoms with Gasteiger partial charge in [0.2, 0.25) is 23.6 Å². The Morgan fingerprint density at radius 3 is 2.31 bits per heavy atom. The van der Waals surface area contributed by atoms with Crippen LogP contribution < -0.4 is 20.4 Å². The minimum atomic E-state index is -1.48. The summed E-state index contributed by atoms with van der Waals surface area (Å²) in [6.45, 7) is 1.16. The monoisotopic (exact) mass is 534 g/mol. The molecule has 2 unspecified atom stereocenters. The summed E-state index contributed by atoms with van der Waals surface area (Å²) in [7, 11) is 0. The summed E-state index contributed by atoms with van der Waals surface area (Å²) in [5.74, 6) is -3.79. The molecule has 1 saturated carbocycles. The summed E-state index contributed by atoms with van der Waals surface area (Å²) in [5.41, 5.74) is 0.159. The van der Waals surface area contributed by atoms with Crippen molar-refractivity contribution in [2.75, 3.05) is 22.9 Å². The summed E-state index contributed by atoms with van der Waals surface area (Å²) < 4.78 is 0. The number of carboxylic acid groups (broad SMARTS) is 1. The number of hydrogen-bond donors (Lipinski definition) is 3. The molecule has 39 heavy (non-hydrogen) atoms. The van der Waals surface area contributed by atoms with E-state index in [1.807, 2.05) is 30.3 Å². The van der Waals surface area contributed by atoms with Gasteiger partial charge in [-0.25, -0.2) is 0 Å². The second-order valence-corrected chi connectivity index (χ2v) is 9.82. The number of carbonyl (C=O) groups excluding carboxylic acids is 5. The van der Waals surface area contributed by atoms with Crippen molar-refractivity contribution in [3.63, 3.8) is 0 Å². The predicted octanol–water partition coefficient (Wildman–Crippen LogP) is 1.05. The SMILES string of the molecule is CC(=O)N1c2ccccc2N(CC(=O)NC2(C=O)CC2C(=O)O)C(=O)C[C@H]1CCNC(=O)Cc1ccccc1. The van der Waals surface area contributed by atoms with Gasteiger partial charge >= 0.3 is 5.97 Å². The van der Waals surface area contributed by atoms with E-state index in [4.69, 9.17) is 0 Å². The van der Waals surface area contributed by atoms with Crippen LogP contribution in [0.3, 0.4) is 0 Å². The van der Waals surface area contributed by atoms with E-state index in [2.05, 4.69) is 10.6 Å². The van der Waals surface area contributed by atoms with Crippen LogP contribution in [-0.2, 0) is 35.2 Å². The minimum absolute atomic E-state index is 0.0156. The Morgan fingerprint density at radius 2 is 1.69 bits per heavy atom. The maximum Gasteiger partial charge on any atom is 0.309 e. The van der Waals surface area contributed by atoms with Gasteiger partial charge in [-0.15, -0.1) is 0 Å². The third kappa shape index (κ3) is 6.14. The number of benzene rings is 2. The first-order chi connectivity index (χ1) is 18.6. The van der Waals surface area contributed by atoms with E-state index in [0.717, 1.165) is 5.56 Å². The van der Waals surface area contributed by atoms with E-state index < -0.39 is 41.8 Å². The van der Waals surface area contributed by atoms with Gasteiger partial charge in [-0.1, -0.05) is 42.5 Å². The fourth-order valence-electron chi connectivity index (χ4n) is 5.01. The molecule has 0 saturated heterocycles. The van der Waals surface area contributed by atoms with Crippen LogP contribution in [0.15, 0.2) is 54.6 Å². The molecule has 1 fully saturated rings. The average Bonchev–Trinajstić information content (AvgIpc) is 3.64. The van der Waals surface area contributed by atoms with Crippen molar-refractivity contribution < 1.29 is 33.9 Å². The van der Waals surface area contributed by atoms with E-state index >= 15 is 0 Å². The maximum absolute atomic E-state index is 13.4. The summed E-state index contributed by atoms with van der Waals surface area (Å²) in [6.07, 6.45) is 0.804. The lowest BCUT2D eigenvalue weighted by atomic mass is 10.1. The lowest BCUT2D eigenvalue weighted by Gasteiger charge is -2.29. The number of amides is 4. The highest BCUT2D eigenvalue weighted by molar-refractivity contribution is 6.07. The molecule has 3 N–H and O–H groups in total. The fraction of sp³-hybridized carbons (Fsp3) is 0.357. The Bertz CT molecular complexity index is 1300. The molecule has 3 atom stereocenters. The minimum Gasteiger partial charge on any atom is -0.481 e. The highest BCUT2D eigenvalue weighted by Gasteiger charge is 2.60. The Labute approximate surface area is 225 Å². The van der Waals surface area contributed by atoms with Gasteiger partial charge in [0.05, 0.1) is 23.7 Å². The lowest BCUT2D eigenvalue weighted by molar-refractivity contribution is -0.140. The molecule has 1 heterocycles. The molecule has 2 aromatic carbocycles. The van der Waals surface area contributed by atoms with Gasteiger partial charge in [0.1, 0.15) is 18.4 Å². The molecule has 4 rings (SSSR count). The van der Waals surface area contributed by atoms with Crippen molar-refractivity contribution in [2.24, 2.45) is 5.92 Å². The number of anilines is 2. The Morgan fingerprint density at radius 1 is 1.03 bits per heavy atom. The summed E-state index contributed by atoms with van der Waals surface area (Å²) in [6, 6.07) is 15.4. The molecule has 1 aliphatic heterocycles. The smallest absolute Gasteiger partial charge is 0.309 e. The molecule has 0 bridgehead atoms. The second kappa shape index (κ2) is 11.5. The summed E-state index contributed by atoms with van der Waals surface area (Å²) in [5, 5.41) is 14.5. The van der Waals surface area contributed by atoms with Gasteiger partial charge in [-0.3, -0.25) is 24.0 Å². The quantitative estimate of drug-likeness (QED) is 0.385. The molecule has 1 aliphatic carbocycles. The molecule has 204 valence electrons. The Kier molecular flexibility index (Phi) is 8.08. The zero-order chi connectivity index (χ0) is 28.2. The third-order valence-electron chi connectivity index (χ3n) is 7.04. The Balaban J connectivity index is 1.48. The molecule has 2 aromatic rings. The molecule has 11 heteroatoms. The van der Waals surface area contributed by atoms with Crippen molar-refractivity contribution in [3.05, 3.63) is 60.2 Å². The normalized spacial score (nSPS) is 21.8. The second-order valence-electron chi connectivity index (χ2n) is 9.82. The lowest BCUT2D eigenvalue weighted by Crippen LogP contribution is -2.47. The van der Waals surface area contributed by atoms with Crippen LogP contribution in [0.1, 0.15) is 31.7 Å². The number of fused-ring (bicyclic) bond motifs is 1. The van der Waals surface area contributed by atoms with Gasteiger partial charge < -0.3 is 30.3 Å². The van der Waals surface area contributed by atoms with Gasteiger partial charge in [-0.05, 0) is 30.5 Å². The summed E-state index contributed by atoms with van der Waals surface area (Å²) >= 11 is 0. The van der Waals surface area contributed by atoms with Gasteiger partial charge in [0.15, 0.2) is 0 Å². The van der Waals surface area contributed by atoms with Crippen LogP contribution in [0.4, 0.5) is 11.4 Å². The van der Waals surface area contributed by atoms with Crippen molar-refractivity contribution in [1.82, 2.24) is 10.6 Å². The summed E-state index contributed by atoms with van der Waals surface area (Å²) in [4.78, 5) is 77.0. The number of carbonyl (C=O) groups is 6. The maximum atomic E-state index is 13.4. The molecule has 0 aromatic heterocycles. The largest absolute Gasteiger partial charge is 0.481 e. The number of aldehydes is 1. The van der Waals surface area contributed by atoms with Gasteiger partial charge in [0.25, 0.3) is 0 Å². The Hall–Kier alpha value is -4.54. The number of rotatable bonds is 10. The number of nitrogens with one attached hydrogen (secondary N) is 2. The molecule has 11 nitrogen and oxygen atoms in total. The van der Waals surface area contributed by atoms with E-state index in [9.17, 15) is 33.9 Å². The van der Waals surface area contributed by atoms with Crippen molar-refractivity contribution in [2.45, 2.75) is 44.2 Å². The standard InChI is InChI=1S/C28H30N4O7/c1-18(34)32-20(11-12-29-24(35)13-19-7-3-2-4-8-19)14-26(37)31(22-9-5-6-10-23(22)32)16-25(36)30-28(17-33)15-21(28)27(38)39/h2-10,17,20-21H,11-16H2,1H3,(H,29,35)(H,30,36)(H,38,39)/t20-,21?,28?/m1/s1. The third-order valence-corrected chi connectivity index (χ3v) is 7.04. The van der Waals surface area contributed by atoms with Crippen LogP contribution in [0.2, 0.25) is 0 Å². The fourth-order valence-corrected chi connectivity index (χ4v) is 5.01. The number of aliphatic carboxylic acids is 1. The van der Waals surface area contributed by atoms with E-state index in [0.29, 0.717) is 24.1 Å². The van der Waals surface area contributed by atoms with Crippen molar-refractivity contribution >= 4 is 47.3 Å². The number of hydrogen-bond acceptors (Lipinski definition) is 6. The van der Waals surface area contributed by atoms with Crippen LogP contribution in [0, 0.1) is 5.92 Å². The van der Waals surface area contributed by atoms with E-state index in [-0.39, 0.29) is 37.6 Å². The zero-order valence-corrected chi connectivity index (χ0v) is 21.5. The number of nitrogens with zero attached hydrogens (tertiary/aromatic N) is 2. The van der Waals surface area contributed by atoms with Crippen LogP contribution >= 0.6 is 0 Å². The molecule has 4 amide bonds. The molecule has 2 aliphatic rings. The van der Waals surface area contributed by atoms with Crippen molar-refractivity contribution in [1.29, 1.82) is 0 Å². The first-order valence-electron chi connectivity index (χ1n) is 12.6. The van der Waals surface area contributed by atoms with E-state index in [1.165, 1.54) is 16.7 Å². The molecule has 0 radical (unpaired) electrons. The zero-order valence-electron chi connectivity index (χ0n) is 21.5. The first-order valence-corrected chi connectivity index (χ1v) is 12.6. The van der Waals surface area contributed by atoms with Gasteiger partial charge in [-0.2, -0.15) is 0 Å². The van der Waals surface area contributed by atoms with Crippen LogP contribution in [0.5, 0.6) is 0 Å². The predicted molar refractivity (Wildman–Crippen MR) is 141 cm³/mol. The van der Waals surface area contributed by atoms with Crippen molar-refractivity contribution in [3.8, 4) is 0 Å². The molecular weight excluding hydrogens is 504 g/mol. The first kappa shape index (κ1) is 27.5.